The molecule has 0 fully saturated rings. The maximum atomic E-state index is 11.7. The minimum atomic E-state index is -1.45. The Bertz CT molecular complexity index is 728. The standard InChI is InChI=1S/C17H16N2O5/c18-16(22)12-6-8-13(9-7-12)19-14(20)10-24-17(23)15(21)11-4-2-1-3-5-11/h1-9,15,21H,10H2,(H2,18,22)(H,19,20)/t15-/m0/s1. The number of rotatable bonds is 6. The van der Waals surface area contributed by atoms with Crippen LogP contribution in [0.3, 0.4) is 0 Å². The Morgan fingerprint density at radius 2 is 1.67 bits per heavy atom. The molecule has 0 radical (unpaired) electrons. The molecule has 0 bridgehead atoms. The first-order valence-electron chi connectivity index (χ1n) is 7.07. The highest BCUT2D eigenvalue weighted by Crippen LogP contribution is 2.14. The molecule has 0 spiro atoms. The molecule has 2 rings (SSSR count). The average molecular weight is 328 g/mol. The van der Waals surface area contributed by atoms with Crippen molar-refractivity contribution >= 4 is 23.5 Å². The zero-order valence-electron chi connectivity index (χ0n) is 12.6. The van der Waals surface area contributed by atoms with E-state index in [0.717, 1.165) is 0 Å². The van der Waals surface area contributed by atoms with Gasteiger partial charge in [-0.1, -0.05) is 30.3 Å². The van der Waals surface area contributed by atoms with Gasteiger partial charge in [0.05, 0.1) is 0 Å². The lowest BCUT2D eigenvalue weighted by Crippen LogP contribution is -2.24. The molecule has 24 heavy (non-hydrogen) atoms. The van der Waals surface area contributed by atoms with Crippen LogP contribution in [0, 0.1) is 0 Å². The molecule has 124 valence electrons. The lowest BCUT2D eigenvalue weighted by molar-refractivity contribution is -0.156. The van der Waals surface area contributed by atoms with E-state index in [0.29, 0.717) is 16.8 Å². The second kappa shape index (κ2) is 7.89. The van der Waals surface area contributed by atoms with Crippen molar-refractivity contribution in [2.75, 3.05) is 11.9 Å². The number of carbonyl (C=O) groups is 3. The van der Waals surface area contributed by atoms with E-state index in [9.17, 15) is 19.5 Å². The first kappa shape index (κ1) is 17.2. The molecule has 2 amide bonds. The number of aliphatic hydroxyl groups excluding tert-OH is 1. The van der Waals surface area contributed by atoms with Gasteiger partial charge in [-0.15, -0.1) is 0 Å². The molecule has 0 unspecified atom stereocenters. The number of amides is 2. The molecular weight excluding hydrogens is 312 g/mol. The number of esters is 1. The number of benzene rings is 2. The van der Waals surface area contributed by atoms with Crippen molar-refractivity contribution in [3.63, 3.8) is 0 Å². The Hall–Kier alpha value is -3.19. The fourth-order valence-corrected chi connectivity index (χ4v) is 1.90. The number of carbonyl (C=O) groups excluding carboxylic acids is 3. The van der Waals surface area contributed by atoms with Gasteiger partial charge in [-0.2, -0.15) is 0 Å². The van der Waals surface area contributed by atoms with E-state index >= 15 is 0 Å². The van der Waals surface area contributed by atoms with Crippen molar-refractivity contribution in [3.8, 4) is 0 Å². The highest BCUT2D eigenvalue weighted by molar-refractivity contribution is 5.95. The van der Waals surface area contributed by atoms with Crippen LogP contribution in [0.1, 0.15) is 22.0 Å². The first-order chi connectivity index (χ1) is 11.5. The fraction of sp³-hybridized carbons (Fsp3) is 0.118. The van der Waals surface area contributed by atoms with Gasteiger partial charge in [-0.3, -0.25) is 9.59 Å². The highest BCUT2D eigenvalue weighted by atomic mass is 16.5. The zero-order chi connectivity index (χ0) is 17.5. The van der Waals surface area contributed by atoms with Crippen LogP contribution in [0.2, 0.25) is 0 Å². The van der Waals surface area contributed by atoms with Crippen molar-refractivity contribution < 1.29 is 24.2 Å². The Labute approximate surface area is 138 Å². The van der Waals surface area contributed by atoms with E-state index in [1.807, 2.05) is 0 Å². The fourth-order valence-electron chi connectivity index (χ4n) is 1.90. The monoisotopic (exact) mass is 328 g/mol. The molecule has 0 saturated carbocycles. The molecular formula is C17H16N2O5. The number of hydrogen-bond donors (Lipinski definition) is 3. The summed E-state index contributed by atoms with van der Waals surface area (Å²) in [6, 6.07) is 14.2. The summed E-state index contributed by atoms with van der Waals surface area (Å²) >= 11 is 0. The second-order valence-corrected chi connectivity index (χ2v) is 4.91. The van der Waals surface area contributed by atoms with E-state index in [1.165, 1.54) is 24.3 Å². The van der Waals surface area contributed by atoms with E-state index in [4.69, 9.17) is 10.5 Å². The summed E-state index contributed by atoms with van der Waals surface area (Å²) in [5.41, 5.74) is 6.23. The normalized spacial score (nSPS) is 11.4. The molecule has 0 aliphatic heterocycles. The Kier molecular flexibility index (Phi) is 5.64. The van der Waals surface area contributed by atoms with Gasteiger partial charge in [0.25, 0.3) is 5.91 Å². The van der Waals surface area contributed by atoms with E-state index in [1.54, 1.807) is 30.3 Å². The second-order valence-electron chi connectivity index (χ2n) is 4.91. The van der Waals surface area contributed by atoms with Gasteiger partial charge in [-0.25, -0.2) is 4.79 Å². The third-order valence-corrected chi connectivity index (χ3v) is 3.14. The lowest BCUT2D eigenvalue weighted by Gasteiger charge is -2.11. The van der Waals surface area contributed by atoms with Crippen LogP contribution in [0.25, 0.3) is 0 Å². The number of nitrogens with two attached hydrogens (primary N) is 1. The van der Waals surface area contributed by atoms with Gasteiger partial charge in [0.1, 0.15) is 0 Å². The Morgan fingerprint density at radius 3 is 2.25 bits per heavy atom. The molecule has 0 aromatic heterocycles. The van der Waals surface area contributed by atoms with Crippen molar-refractivity contribution in [1.29, 1.82) is 0 Å². The minimum Gasteiger partial charge on any atom is -0.453 e. The largest absolute Gasteiger partial charge is 0.453 e. The number of nitrogens with one attached hydrogen (secondary N) is 1. The van der Waals surface area contributed by atoms with Crippen LogP contribution >= 0.6 is 0 Å². The van der Waals surface area contributed by atoms with Crippen LogP contribution in [-0.2, 0) is 14.3 Å². The van der Waals surface area contributed by atoms with Crippen LogP contribution in [0.4, 0.5) is 5.69 Å². The predicted octanol–water partition coefficient (Wildman–Crippen LogP) is 1.00. The van der Waals surface area contributed by atoms with Gasteiger partial charge in [0, 0.05) is 11.3 Å². The van der Waals surface area contributed by atoms with Crippen LogP contribution in [0.15, 0.2) is 54.6 Å². The van der Waals surface area contributed by atoms with Gasteiger partial charge in [0.15, 0.2) is 12.7 Å². The van der Waals surface area contributed by atoms with Crippen molar-refractivity contribution in [2.45, 2.75) is 6.10 Å². The smallest absolute Gasteiger partial charge is 0.340 e. The number of ether oxygens (including phenoxy) is 1. The molecule has 0 aliphatic carbocycles. The predicted molar refractivity (Wildman–Crippen MR) is 86.0 cm³/mol. The maximum absolute atomic E-state index is 11.7. The van der Waals surface area contributed by atoms with Crippen molar-refractivity contribution in [3.05, 3.63) is 65.7 Å². The summed E-state index contributed by atoms with van der Waals surface area (Å²) in [6.07, 6.45) is -1.45. The molecule has 7 heteroatoms. The average Bonchev–Trinajstić information content (AvgIpc) is 2.60. The molecule has 0 aliphatic rings. The van der Waals surface area contributed by atoms with Crippen LogP contribution < -0.4 is 11.1 Å². The Morgan fingerprint density at radius 1 is 1.04 bits per heavy atom. The van der Waals surface area contributed by atoms with Crippen molar-refractivity contribution in [2.24, 2.45) is 5.73 Å². The summed E-state index contributed by atoms with van der Waals surface area (Å²) in [5, 5.41) is 12.3. The molecule has 1 atom stereocenters. The maximum Gasteiger partial charge on any atom is 0.340 e. The van der Waals surface area contributed by atoms with E-state index < -0.39 is 30.5 Å². The number of anilines is 1. The SMILES string of the molecule is NC(=O)c1ccc(NC(=O)COC(=O)[C@@H](O)c2ccccc2)cc1. The summed E-state index contributed by atoms with van der Waals surface area (Å²) < 4.78 is 4.78. The molecule has 2 aromatic carbocycles. The number of hydrogen-bond acceptors (Lipinski definition) is 5. The van der Waals surface area contributed by atoms with Gasteiger partial charge < -0.3 is 20.9 Å². The van der Waals surface area contributed by atoms with Gasteiger partial charge in [0.2, 0.25) is 5.91 Å². The highest BCUT2D eigenvalue weighted by Gasteiger charge is 2.19. The molecule has 7 nitrogen and oxygen atoms in total. The van der Waals surface area contributed by atoms with Crippen LogP contribution in [-0.4, -0.2) is 29.5 Å². The van der Waals surface area contributed by atoms with E-state index in [-0.39, 0.29) is 0 Å². The molecule has 0 heterocycles. The topological polar surface area (TPSA) is 119 Å². The number of aliphatic hydroxyl groups is 1. The molecule has 2 aromatic rings. The zero-order valence-corrected chi connectivity index (χ0v) is 12.6. The lowest BCUT2D eigenvalue weighted by atomic mass is 10.1. The molecule has 0 saturated heterocycles. The minimum absolute atomic E-state index is 0.311. The van der Waals surface area contributed by atoms with E-state index in [2.05, 4.69) is 5.32 Å². The number of primary amides is 1. The summed E-state index contributed by atoms with van der Waals surface area (Å²) in [4.78, 5) is 34.4. The molecule has 4 N–H and O–H groups in total. The third kappa shape index (κ3) is 4.65. The Balaban J connectivity index is 1.84. The summed E-state index contributed by atoms with van der Waals surface area (Å²) in [5.74, 6) is -2.06. The quantitative estimate of drug-likeness (QED) is 0.684. The van der Waals surface area contributed by atoms with Gasteiger partial charge >= 0.3 is 5.97 Å². The summed E-state index contributed by atoms with van der Waals surface area (Å²) in [7, 11) is 0. The van der Waals surface area contributed by atoms with Gasteiger partial charge in [-0.05, 0) is 29.8 Å². The third-order valence-electron chi connectivity index (χ3n) is 3.14. The van der Waals surface area contributed by atoms with Crippen LogP contribution in [0.5, 0.6) is 0 Å². The first-order valence-corrected chi connectivity index (χ1v) is 7.07. The van der Waals surface area contributed by atoms with Crippen molar-refractivity contribution in [1.82, 2.24) is 0 Å². The summed E-state index contributed by atoms with van der Waals surface area (Å²) in [6.45, 7) is -0.541.